The van der Waals surface area contributed by atoms with Gasteiger partial charge in [-0.15, -0.1) is 24.8 Å². The van der Waals surface area contributed by atoms with Crippen molar-refractivity contribution in [3.63, 3.8) is 0 Å². The monoisotopic (exact) mass is 360 g/mol. The normalized spacial score (nSPS) is 10.1. The number of hydrogen-bond acceptors (Lipinski definition) is 1. The SMILES string of the molecule is C[C](C)=[Ti]([F])[O]c1cc(C)cc([Si](C)(C)C)c1.Cl.Cl. The Hall–Kier alpha value is 0.331. The van der Waals surface area contributed by atoms with Crippen LogP contribution in [-0.4, -0.2) is 11.9 Å². The molecule has 0 bridgehead atoms. The fourth-order valence-electron chi connectivity index (χ4n) is 1.45. The van der Waals surface area contributed by atoms with Crippen molar-refractivity contribution in [3.8, 4) is 5.75 Å². The quantitative estimate of drug-likeness (QED) is 0.726. The molecule has 0 heterocycles. The molecule has 0 aliphatic carbocycles. The molecule has 0 unspecified atom stereocenters. The van der Waals surface area contributed by atoms with Crippen LogP contribution in [0, 0.1) is 6.92 Å². The van der Waals surface area contributed by atoms with Crippen LogP contribution in [0.3, 0.4) is 0 Å². The van der Waals surface area contributed by atoms with E-state index in [1.807, 2.05) is 32.9 Å². The van der Waals surface area contributed by atoms with Crippen LogP contribution in [0.15, 0.2) is 18.2 Å². The van der Waals surface area contributed by atoms with Gasteiger partial charge in [-0.25, -0.2) is 0 Å². The van der Waals surface area contributed by atoms with Gasteiger partial charge >= 0.3 is 112 Å². The van der Waals surface area contributed by atoms with Crippen molar-refractivity contribution in [1.82, 2.24) is 0 Å². The summed E-state index contributed by atoms with van der Waals surface area (Å²) in [5.74, 6) is 0.709. The molecule has 0 N–H and O–H groups in total. The summed E-state index contributed by atoms with van der Waals surface area (Å²) in [6.07, 6.45) is 0. The van der Waals surface area contributed by atoms with E-state index in [0.29, 0.717) is 5.75 Å². The van der Waals surface area contributed by atoms with Crippen molar-refractivity contribution in [2.24, 2.45) is 0 Å². The van der Waals surface area contributed by atoms with Gasteiger partial charge in [-0.05, 0) is 0 Å². The summed E-state index contributed by atoms with van der Waals surface area (Å²) < 4.78 is 20.0. The summed E-state index contributed by atoms with van der Waals surface area (Å²) >= 11 is -2.94. The smallest absolute Gasteiger partial charge is 0.147 e. The Labute approximate surface area is 136 Å². The predicted molar refractivity (Wildman–Crippen MR) is 86.7 cm³/mol. The second-order valence-corrected chi connectivity index (χ2v) is 13.5. The summed E-state index contributed by atoms with van der Waals surface area (Å²) in [5.41, 5.74) is 1.15. The fourth-order valence-corrected chi connectivity index (χ4v) is 3.51. The predicted octanol–water partition coefficient (Wildman–Crippen LogP) is 4.39. The van der Waals surface area contributed by atoms with E-state index in [2.05, 4.69) is 25.7 Å². The van der Waals surface area contributed by atoms with Crippen molar-refractivity contribution < 1.29 is 24.7 Å². The van der Waals surface area contributed by atoms with Gasteiger partial charge in [0.1, 0.15) is 0 Å². The Morgan fingerprint density at radius 1 is 1.11 bits per heavy atom. The summed E-state index contributed by atoms with van der Waals surface area (Å²) in [6, 6.07) is 6.15. The summed E-state index contributed by atoms with van der Waals surface area (Å²) in [6.45, 7) is 12.5. The molecule has 1 rings (SSSR count). The van der Waals surface area contributed by atoms with Gasteiger partial charge in [-0.2, -0.15) is 0 Å². The molecular formula is C13H23Cl2FOSiTi. The van der Waals surface area contributed by atoms with Crippen LogP contribution in [0.1, 0.15) is 19.4 Å². The number of halogens is 3. The van der Waals surface area contributed by atoms with E-state index in [0.717, 1.165) is 9.37 Å². The zero-order valence-electron chi connectivity index (χ0n) is 12.3. The van der Waals surface area contributed by atoms with Crippen molar-refractivity contribution in [2.75, 3.05) is 0 Å². The van der Waals surface area contributed by atoms with E-state index < -0.39 is 26.4 Å². The largest absolute Gasteiger partial charge is 0.147 e. The number of benzene rings is 1. The van der Waals surface area contributed by atoms with Gasteiger partial charge in [0.2, 0.25) is 0 Å². The van der Waals surface area contributed by atoms with Gasteiger partial charge < -0.3 is 0 Å². The van der Waals surface area contributed by atoms with Crippen LogP contribution >= 0.6 is 24.8 Å². The molecule has 0 aromatic heterocycles. The first-order valence-electron chi connectivity index (χ1n) is 5.83. The molecule has 0 aliphatic heterocycles. The van der Waals surface area contributed by atoms with Crippen LogP contribution in [0.25, 0.3) is 0 Å². The van der Waals surface area contributed by atoms with Crippen LogP contribution in [0.2, 0.25) is 19.6 Å². The molecule has 0 radical (unpaired) electrons. The van der Waals surface area contributed by atoms with E-state index in [-0.39, 0.29) is 24.8 Å². The van der Waals surface area contributed by atoms with Gasteiger partial charge in [0.15, 0.2) is 0 Å². The average molecular weight is 361 g/mol. The van der Waals surface area contributed by atoms with Gasteiger partial charge in [-0.1, -0.05) is 0 Å². The molecular weight excluding hydrogens is 338 g/mol. The molecule has 0 spiro atoms. The number of aryl methyl sites for hydroxylation is 1. The summed E-state index contributed by atoms with van der Waals surface area (Å²) in [5, 5.41) is 1.33. The third kappa shape index (κ3) is 7.05. The summed E-state index contributed by atoms with van der Waals surface area (Å²) in [7, 11) is -1.37. The molecule has 0 amide bonds. The zero-order valence-corrected chi connectivity index (χ0v) is 16.5. The Morgan fingerprint density at radius 2 is 1.63 bits per heavy atom. The Kier molecular flexibility index (Phi) is 9.77. The van der Waals surface area contributed by atoms with Gasteiger partial charge in [0.25, 0.3) is 0 Å². The maximum atomic E-state index is 13.7. The first kappa shape index (κ1) is 21.6. The third-order valence-electron chi connectivity index (χ3n) is 2.52. The second kappa shape index (κ2) is 8.58. The molecule has 1 aromatic carbocycles. The first-order chi connectivity index (χ1) is 7.70. The molecule has 0 saturated heterocycles. The topological polar surface area (TPSA) is 9.23 Å². The zero-order chi connectivity index (χ0) is 13.2. The van der Waals surface area contributed by atoms with Crippen molar-refractivity contribution in [2.45, 2.75) is 40.4 Å². The van der Waals surface area contributed by atoms with E-state index in [1.54, 1.807) is 0 Å². The minimum atomic E-state index is -2.94. The summed E-state index contributed by atoms with van der Waals surface area (Å²) in [4.78, 5) is 0. The molecule has 0 atom stereocenters. The Balaban J connectivity index is 0. The van der Waals surface area contributed by atoms with Crippen molar-refractivity contribution in [3.05, 3.63) is 23.8 Å². The number of rotatable bonds is 3. The molecule has 1 aromatic rings. The van der Waals surface area contributed by atoms with E-state index in [1.165, 1.54) is 5.19 Å². The Morgan fingerprint density at radius 3 is 2.05 bits per heavy atom. The minimum absolute atomic E-state index is 0. The van der Waals surface area contributed by atoms with E-state index in [4.69, 9.17) is 3.32 Å². The maximum Gasteiger partial charge on any atom is -0.147 e. The third-order valence-corrected chi connectivity index (χ3v) is 6.41. The molecule has 0 saturated carbocycles. The second-order valence-electron chi connectivity index (χ2n) is 5.66. The molecule has 110 valence electrons. The van der Waals surface area contributed by atoms with Gasteiger partial charge in [0, 0.05) is 0 Å². The molecule has 0 fully saturated rings. The Bertz CT molecular complexity index is 454. The molecule has 6 heteroatoms. The van der Waals surface area contributed by atoms with Crippen LogP contribution < -0.4 is 8.51 Å². The maximum absolute atomic E-state index is 13.7. The van der Waals surface area contributed by atoms with Crippen LogP contribution in [0.5, 0.6) is 5.75 Å². The molecule has 1 nitrogen and oxygen atoms in total. The van der Waals surface area contributed by atoms with Crippen LogP contribution in [0.4, 0.5) is 3.09 Å². The van der Waals surface area contributed by atoms with Crippen molar-refractivity contribution in [1.29, 1.82) is 0 Å². The molecule has 19 heavy (non-hydrogen) atoms. The number of hydrogen-bond donors (Lipinski definition) is 0. The first-order valence-corrected chi connectivity index (χ1v) is 11.3. The standard InChI is InChI=1S/C10H16OSi.C3H6.2ClH.FH.Ti/c1-8-5-9(11)7-10(6-8)12(2,3)4;1-3-2;;;;/h5-7,11H,1-4H3;1-2H3;3*1H;/q;;;;;+2/p-2. The van der Waals surface area contributed by atoms with E-state index in [9.17, 15) is 3.09 Å². The molecule has 0 aliphatic rings. The fraction of sp³-hybridized carbons (Fsp3) is 0.462. The average Bonchev–Trinajstić information content (AvgIpc) is 2.15. The van der Waals surface area contributed by atoms with Gasteiger partial charge in [-0.3, -0.25) is 0 Å². The van der Waals surface area contributed by atoms with Crippen molar-refractivity contribution >= 4 is 41.9 Å². The van der Waals surface area contributed by atoms with Crippen LogP contribution in [-0.2, 0) is 18.3 Å². The van der Waals surface area contributed by atoms with Gasteiger partial charge in [0.05, 0.1) is 0 Å². The minimum Gasteiger partial charge on any atom is -0.147 e. The van der Waals surface area contributed by atoms with E-state index >= 15 is 0 Å².